The maximum Gasteiger partial charge on any atom is 0.267 e. The Bertz CT molecular complexity index is 978. The third-order valence-electron chi connectivity index (χ3n) is 5.18. The van der Waals surface area contributed by atoms with Gasteiger partial charge in [-0.2, -0.15) is 0 Å². The molecular formula is C19H22N6O2S. The standard InChI is InChI=1S/C19H22N6O2S/c1-4-14-18(28-24-22-14)19(26)25-8-5-13(10-25)9-15-17(21-7-6-20-15)16-11(2)23-27-12(16)3/h6-7,13H,4-5,8-10H2,1-3H3/t13-/m1/s1. The van der Waals surface area contributed by atoms with Crippen molar-refractivity contribution in [2.75, 3.05) is 13.1 Å². The van der Waals surface area contributed by atoms with Crippen LogP contribution in [0.25, 0.3) is 11.3 Å². The van der Waals surface area contributed by atoms with Gasteiger partial charge in [0.1, 0.15) is 10.6 Å². The summed E-state index contributed by atoms with van der Waals surface area (Å²) in [4.78, 5) is 24.5. The molecule has 8 nitrogen and oxygen atoms in total. The fourth-order valence-corrected chi connectivity index (χ4v) is 4.47. The van der Waals surface area contributed by atoms with E-state index in [1.165, 1.54) is 11.5 Å². The van der Waals surface area contributed by atoms with Gasteiger partial charge in [0.15, 0.2) is 0 Å². The molecule has 0 unspecified atom stereocenters. The molecule has 0 aromatic carbocycles. The van der Waals surface area contributed by atoms with Crippen LogP contribution in [-0.4, -0.2) is 48.6 Å². The Hall–Kier alpha value is -2.68. The van der Waals surface area contributed by atoms with E-state index in [9.17, 15) is 4.79 Å². The van der Waals surface area contributed by atoms with Gasteiger partial charge in [0, 0.05) is 25.5 Å². The summed E-state index contributed by atoms with van der Waals surface area (Å²) in [5.74, 6) is 1.12. The van der Waals surface area contributed by atoms with E-state index in [2.05, 4.69) is 24.7 Å². The summed E-state index contributed by atoms with van der Waals surface area (Å²) in [7, 11) is 0. The van der Waals surface area contributed by atoms with Crippen molar-refractivity contribution in [2.24, 2.45) is 5.92 Å². The van der Waals surface area contributed by atoms with Crippen molar-refractivity contribution in [1.29, 1.82) is 0 Å². The Kier molecular flexibility index (Phi) is 5.17. The highest BCUT2D eigenvalue weighted by Crippen LogP contribution is 2.30. The lowest BCUT2D eigenvalue weighted by atomic mass is 9.98. The fourth-order valence-electron chi connectivity index (χ4n) is 3.75. The molecule has 1 aliphatic heterocycles. The third kappa shape index (κ3) is 3.42. The third-order valence-corrected chi connectivity index (χ3v) is 5.94. The molecule has 0 aliphatic carbocycles. The van der Waals surface area contributed by atoms with Crippen LogP contribution >= 0.6 is 11.5 Å². The summed E-state index contributed by atoms with van der Waals surface area (Å²) in [6.45, 7) is 7.24. The van der Waals surface area contributed by atoms with Crippen molar-refractivity contribution in [1.82, 2.24) is 29.6 Å². The first-order chi connectivity index (χ1) is 13.6. The molecule has 28 heavy (non-hydrogen) atoms. The molecule has 0 radical (unpaired) electrons. The summed E-state index contributed by atoms with van der Waals surface area (Å²) < 4.78 is 9.24. The predicted molar refractivity (Wildman–Crippen MR) is 104 cm³/mol. The number of aromatic nitrogens is 5. The Morgan fingerprint density at radius 2 is 2.11 bits per heavy atom. The Labute approximate surface area is 167 Å². The highest BCUT2D eigenvalue weighted by molar-refractivity contribution is 7.08. The zero-order chi connectivity index (χ0) is 19.7. The number of rotatable bonds is 5. The molecule has 3 aromatic heterocycles. The summed E-state index contributed by atoms with van der Waals surface area (Å²) in [5.41, 5.74) is 4.26. The van der Waals surface area contributed by atoms with Crippen molar-refractivity contribution in [2.45, 2.75) is 40.0 Å². The number of hydrogen-bond acceptors (Lipinski definition) is 8. The van der Waals surface area contributed by atoms with E-state index in [0.29, 0.717) is 17.3 Å². The van der Waals surface area contributed by atoms with Gasteiger partial charge in [0.05, 0.1) is 28.3 Å². The van der Waals surface area contributed by atoms with Gasteiger partial charge in [-0.1, -0.05) is 16.6 Å². The van der Waals surface area contributed by atoms with E-state index in [0.717, 1.165) is 59.9 Å². The zero-order valence-electron chi connectivity index (χ0n) is 16.2. The molecule has 1 saturated heterocycles. The zero-order valence-corrected chi connectivity index (χ0v) is 17.0. The van der Waals surface area contributed by atoms with E-state index < -0.39 is 0 Å². The molecule has 1 aliphatic rings. The van der Waals surface area contributed by atoms with Gasteiger partial charge in [-0.3, -0.25) is 14.8 Å². The number of nitrogens with zero attached hydrogens (tertiary/aromatic N) is 6. The maximum atomic E-state index is 12.8. The molecule has 4 heterocycles. The Balaban J connectivity index is 1.51. The monoisotopic (exact) mass is 398 g/mol. The van der Waals surface area contributed by atoms with E-state index in [1.807, 2.05) is 25.7 Å². The molecule has 0 N–H and O–H groups in total. The van der Waals surface area contributed by atoms with Crippen molar-refractivity contribution in [3.8, 4) is 11.3 Å². The van der Waals surface area contributed by atoms with Gasteiger partial charge in [-0.15, -0.1) is 5.10 Å². The largest absolute Gasteiger partial charge is 0.361 e. The number of amides is 1. The number of hydrogen-bond donors (Lipinski definition) is 0. The van der Waals surface area contributed by atoms with Crippen LogP contribution in [0, 0.1) is 19.8 Å². The molecule has 146 valence electrons. The van der Waals surface area contributed by atoms with E-state index in [4.69, 9.17) is 4.52 Å². The first-order valence-electron chi connectivity index (χ1n) is 9.42. The summed E-state index contributed by atoms with van der Waals surface area (Å²) >= 11 is 1.19. The van der Waals surface area contributed by atoms with Gasteiger partial charge >= 0.3 is 0 Å². The van der Waals surface area contributed by atoms with E-state index in [1.54, 1.807) is 12.4 Å². The molecule has 4 rings (SSSR count). The number of carbonyl (C=O) groups is 1. The van der Waals surface area contributed by atoms with Crippen LogP contribution in [0.1, 0.15) is 45.9 Å². The second-order valence-corrected chi connectivity index (χ2v) is 7.82. The average molecular weight is 398 g/mol. The van der Waals surface area contributed by atoms with Crippen LogP contribution in [0.3, 0.4) is 0 Å². The highest BCUT2D eigenvalue weighted by Gasteiger charge is 2.30. The average Bonchev–Trinajstić information content (AvgIpc) is 3.42. The second kappa shape index (κ2) is 7.75. The first-order valence-corrected chi connectivity index (χ1v) is 10.2. The predicted octanol–water partition coefficient (Wildman–Crippen LogP) is 2.87. The van der Waals surface area contributed by atoms with Crippen molar-refractivity contribution in [3.63, 3.8) is 0 Å². The lowest BCUT2D eigenvalue weighted by Gasteiger charge is -2.16. The molecule has 1 amide bonds. The Morgan fingerprint density at radius 1 is 1.29 bits per heavy atom. The molecule has 0 saturated carbocycles. The van der Waals surface area contributed by atoms with Crippen LogP contribution < -0.4 is 0 Å². The topological polar surface area (TPSA) is 97.9 Å². The molecule has 0 bridgehead atoms. The first kappa shape index (κ1) is 18.7. The van der Waals surface area contributed by atoms with Crippen molar-refractivity contribution in [3.05, 3.63) is 40.1 Å². The van der Waals surface area contributed by atoms with Crippen molar-refractivity contribution >= 4 is 17.4 Å². The smallest absolute Gasteiger partial charge is 0.267 e. The summed E-state index contributed by atoms with van der Waals surface area (Å²) in [6, 6.07) is 0. The molecule has 1 atom stereocenters. The van der Waals surface area contributed by atoms with Crippen LogP contribution in [0.2, 0.25) is 0 Å². The Morgan fingerprint density at radius 3 is 2.86 bits per heavy atom. The van der Waals surface area contributed by atoms with Crippen molar-refractivity contribution < 1.29 is 9.32 Å². The SMILES string of the molecule is CCc1nnsc1C(=O)N1CC[C@H](Cc2nccnc2-c2c(C)noc2C)C1. The molecular weight excluding hydrogens is 376 g/mol. The molecule has 9 heteroatoms. The highest BCUT2D eigenvalue weighted by atomic mass is 32.1. The molecule has 1 fully saturated rings. The van der Waals surface area contributed by atoms with Crippen LogP contribution in [0.5, 0.6) is 0 Å². The minimum absolute atomic E-state index is 0.0412. The van der Waals surface area contributed by atoms with E-state index in [-0.39, 0.29) is 5.91 Å². The molecule has 0 spiro atoms. The lowest BCUT2D eigenvalue weighted by Crippen LogP contribution is -2.29. The normalized spacial score (nSPS) is 16.7. The van der Waals surface area contributed by atoms with Crippen LogP contribution in [0.4, 0.5) is 0 Å². The molecule has 3 aromatic rings. The van der Waals surface area contributed by atoms with Gasteiger partial charge in [-0.25, -0.2) is 0 Å². The van der Waals surface area contributed by atoms with Crippen LogP contribution in [0.15, 0.2) is 16.9 Å². The minimum Gasteiger partial charge on any atom is -0.361 e. The van der Waals surface area contributed by atoms with Gasteiger partial charge in [0.2, 0.25) is 0 Å². The lowest BCUT2D eigenvalue weighted by molar-refractivity contribution is 0.0790. The number of aryl methyl sites for hydroxylation is 3. The summed E-state index contributed by atoms with van der Waals surface area (Å²) in [5, 5.41) is 8.10. The number of likely N-dealkylation sites (tertiary alicyclic amines) is 1. The van der Waals surface area contributed by atoms with Crippen LogP contribution in [-0.2, 0) is 12.8 Å². The van der Waals surface area contributed by atoms with Gasteiger partial charge < -0.3 is 9.42 Å². The minimum atomic E-state index is 0.0412. The van der Waals surface area contributed by atoms with Gasteiger partial charge in [0.25, 0.3) is 5.91 Å². The van der Waals surface area contributed by atoms with Gasteiger partial charge in [-0.05, 0) is 50.6 Å². The summed E-state index contributed by atoms with van der Waals surface area (Å²) in [6.07, 6.45) is 5.83. The number of carbonyl (C=O) groups excluding carboxylic acids is 1. The van der Waals surface area contributed by atoms with E-state index >= 15 is 0 Å². The quantitative estimate of drug-likeness (QED) is 0.652. The maximum absolute atomic E-state index is 12.8. The fraction of sp³-hybridized carbons (Fsp3) is 0.474. The second-order valence-electron chi connectivity index (χ2n) is 7.06.